The number of nitro groups is 1. The molecule has 7 nitrogen and oxygen atoms in total. The van der Waals surface area contributed by atoms with Crippen molar-refractivity contribution in [1.82, 2.24) is 9.97 Å². The number of anilines is 3. The zero-order valence-electron chi connectivity index (χ0n) is 16.5. The number of hydrogen-bond donors (Lipinski definition) is 2. The van der Waals surface area contributed by atoms with Gasteiger partial charge in [0.2, 0.25) is 11.6 Å². The lowest BCUT2D eigenvalue weighted by molar-refractivity contribution is -0.383. The Labute approximate surface area is 170 Å². The lowest BCUT2D eigenvalue weighted by Crippen LogP contribution is -2.10. The van der Waals surface area contributed by atoms with E-state index in [2.05, 4.69) is 27.5 Å². The zero-order chi connectivity index (χ0) is 20.5. The van der Waals surface area contributed by atoms with E-state index in [1.807, 2.05) is 54.6 Å². The molecule has 0 unspecified atom stereocenters. The van der Waals surface area contributed by atoms with Crippen molar-refractivity contribution in [1.29, 1.82) is 0 Å². The van der Waals surface area contributed by atoms with Crippen molar-refractivity contribution < 1.29 is 4.92 Å². The first-order valence-electron chi connectivity index (χ1n) is 9.80. The number of unbranched alkanes of at least 4 members (excludes halogenated alkanes) is 1. The lowest BCUT2D eigenvalue weighted by atomic mass is 10.1. The Morgan fingerprint density at radius 2 is 1.62 bits per heavy atom. The molecule has 2 N–H and O–H groups in total. The topological polar surface area (TPSA) is 93.0 Å². The molecule has 3 rings (SSSR count). The molecule has 29 heavy (non-hydrogen) atoms. The standard InChI is InChI=1S/C22H25N5O2/c1-2-3-7-18-10-12-19(13-11-18)26-22-20(27(28)29)21(24-16-25-22)23-15-14-17-8-5-4-6-9-17/h4-6,8-13,16H,2-3,7,14-15H2,1H3,(H2,23,24,25,26). The Kier molecular flexibility index (Phi) is 7.10. The highest BCUT2D eigenvalue weighted by molar-refractivity contribution is 5.73. The molecule has 0 saturated carbocycles. The largest absolute Gasteiger partial charge is 0.364 e. The number of rotatable bonds is 10. The average Bonchev–Trinajstić information content (AvgIpc) is 2.74. The molecule has 0 bridgehead atoms. The average molecular weight is 391 g/mol. The molecule has 2 aromatic carbocycles. The van der Waals surface area contributed by atoms with Crippen LogP contribution in [0.3, 0.4) is 0 Å². The highest BCUT2D eigenvalue weighted by atomic mass is 16.6. The third-order valence-corrected chi connectivity index (χ3v) is 4.59. The Morgan fingerprint density at radius 3 is 2.31 bits per heavy atom. The van der Waals surface area contributed by atoms with Crippen LogP contribution in [0.5, 0.6) is 0 Å². The van der Waals surface area contributed by atoms with Crippen LogP contribution in [0.15, 0.2) is 60.9 Å². The van der Waals surface area contributed by atoms with E-state index in [0.717, 1.165) is 36.9 Å². The fourth-order valence-electron chi connectivity index (χ4n) is 3.01. The Morgan fingerprint density at radius 1 is 0.931 bits per heavy atom. The number of nitrogens with one attached hydrogen (secondary N) is 2. The van der Waals surface area contributed by atoms with E-state index < -0.39 is 4.92 Å². The Balaban J connectivity index is 1.71. The third kappa shape index (κ3) is 5.75. The van der Waals surface area contributed by atoms with Crippen LogP contribution < -0.4 is 10.6 Å². The molecule has 0 aliphatic carbocycles. The molecule has 1 aromatic heterocycles. The van der Waals surface area contributed by atoms with Crippen LogP contribution in [0.2, 0.25) is 0 Å². The summed E-state index contributed by atoms with van der Waals surface area (Å²) in [7, 11) is 0. The summed E-state index contributed by atoms with van der Waals surface area (Å²) in [6, 6.07) is 17.8. The van der Waals surface area contributed by atoms with E-state index in [1.54, 1.807) is 0 Å². The van der Waals surface area contributed by atoms with Gasteiger partial charge in [-0.1, -0.05) is 55.8 Å². The van der Waals surface area contributed by atoms with Gasteiger partial charge in [0, 0.05) is 12.2 Å². The maximum absolute atomic E-state index is 11.7. The number of hydrogen-bond acceptors (Lipinski definition) is 6. The van der Waals surface area contributed by atoms with Gasteiger partial charge >= 0.3 is 5.69 Å². The van der Waals surface area contributed by atoms with Gasteiger partial charge < -0.3 is 10.6 Å². The van der Waals surface area contributed by atoms with Crippen LogP contribution in [0.1, 0.15) is 30.9 Å². The Bertz CT molecular complexity index is 930. The van der Waals surface area contributed by atoms with Crippen LogP contribution in [0, 0.1) is 10.1 Å². The second kappa shape index (κ2) is 10.2. The predicted molar refractivity (Wildman–Crippen MR) is 116 cm³/mol. The summed E-state index contributed by atoms with van der Waals surface area (Å²) in [6.45, 7) is 2.70. The molecule has 0 spiro atoms. The predicted octanol–water partition coefficient (Wildman–Crippen LogP) is 5.13. The van der Waals surface area contributed by atoms with Crippen LogP contribution in [-0.2, 0) is 12.8 Å². The number of aryl methyl sites for hydroxylation is 1. The first kappa shape index (κ1) is 20.3. The fourth-order valence-corrected chi connectivity index (χ4v) is 3.01. The summed E-state index contributed by atoms with van der Waals surface area (Å²) in [5, 5.41) is 17.8. The third-order valence-electron chi connectivity index (χ3n) is 4.59. The van der Waals surface area contributed by atoms with Crippen molar-refractivity contribution >= 4 is 23.0 Å². The highest BCUT2D eigenvalue weighted by Crippen LogP contribution is 2.31. The summed E-state index contributed by atoms with van der Waals surface area (Å²) in [5.74, 6) is 0.386. The van der Waals surface area contributed by atoms with Crippen molar-refractivity contribution in [2.75, 3.05) is 17.2 Å². The van der Waals surface area contributed by atoms with Crippen molar-refractivity contribution in [3.63, 3.8) is 0 Å². The highest BCUT2D eigenvalue weighted by Gasteiger charge is 2.22. The van der Waals surface area contributed by atoms with Crippen LogP contribution in [0.25, 0.3) is 0 Å². The van der Waals surface area contributed by atoms with E-state index in [4.69, 9.17) is 0 Å². The minimum atomic E-state index is -0.456. The van der Waals surface area contributed by atoms with Crippen molar-refractivity contribution in [3.05, 3.63) is 82.2 Å². The Hall–Kier alpha value is -3.48. The fraction of sp³-hybridized carbons (Fsp3) is 0.273. The molecule has 0 aliphatic heterocycles. The zero-order valence-corrected chi connectivity index (χ0v) is 16.5. The van der Waals surface area contributed by atoms with Gasteiger partial charge in [0.05, 0.1) is 4.92 Å². The van der Waals surface area contributed by atoms with Crippen molar-refractivity contribution in [2.45, 2.75) is 32.6 Å². The maximum atomic E-state index is 11.7. The quantitative estimate of drug-likeness (QED) is 0.368. The van der Waals surface area contributed by atoms with E-state index in [1.165, 1.54) is 11.9 Å². The van der Waals surface area contributed by atoms with Gasteiger partial charge in [0.1, 0.15) is 6.33 Å². The van der Waals surface area contributed by atoms with Crippen LogP contribution in [-0.4, -0.2) is 21.4 Å². The molecule has 0 aliphatic rings. The van der Waals surface area contributed by atoms with Gasteiger partial charge in [-0.05, 0) is 42.5 Å². The smallest absolute Gasteiger partial charge is 0.353 e. The normalized spacial score (nSPS) is 10.5. The molecule has 0 saturated heterocycles. The van der Waals surface area contributed by atoms with E-state index in [0.29, 0.717) is 6.54 Å². The van der Waals surface area contributed by atoms with Crippen molar-refractivity contribution in [3.8, 4) is 0 Å². The van der Waals surface area contributed by atoms with E-state index in [9.17, 15) is 10.1 Å². The minimum Gasteiger partial charge on any atom is -0.364 e. The van der Waals surface area contributed by atoms with Crippen molar-refractivity contribution in [2.24, 2.45) is 0 Å². The monoisotopic (exact) mass is 391 g/mol. The van der Waals surface area contributed by atoms with Gasteiger partial charge in [-0.25, -0.2) is 9.97 Å². The molecular formula is C22H25N5O2. The number of aromatic nitrogens is 2. The SMILES string of the molecule is CCCCc1ccc(Nc2ncnc(NCCc3ccccc3)c2[N+](=O)[O-])cc1. The second-order valence-corrected chi connectivity index (χ2v) is 6.76. The maximum Gasteiger partial charge on any atom is 0.353 e. The summed E-state index contributed by atoms with van der Waals surface area (Å²) >= 11 is 0. The van der Waals surface area contributed by atoms with Gasteiger partial charge in [-0.2, -0.15) is 0 Å². The van der Waals surface area contributed by atoms with Gasteiger partial charge in [0.25, 0.3) is 0 Å². The summed E-state index contributed by atoms with van der Waals surface area (Å²) in [4.78, 5) is 19.4. The molecule has 7 heteroatoms. The van der Waals surface area contributed by atoms with Gasteiger partial charge in [-0.15, -0.1) is 0 Å². The summed E-state index contributed by atoms with van der Waals surface area (Å²) in [5.41, 5.74) is 2.99. The molecule has 3 aromatic rings. The molecule has 0 atom stereocenters. The number of nitrogens with zero attached hydrogens (tertiary/aromatic N) is 3. The molecule has 150 valence electrons. The first-order chi connectivity index (χ1) is 14.2. The lowest BCUT2D eigenvalue weighted by Gasteiger charge is -2.10. The van der Waals surface area contributed by atoms with E-state index >= 15 is 0 Å². The number of benzene rings is 2. The summed E-state index contributed by atoms with van der Waals surface area (Å²) in [6.07, 6.45) is 5.38. The molecule has 0 amide bonds. The van der Waals surface area contributed by atoms with Gasteiger partial charge in [-0.3, -0.25) is 10.1 Å². The van der Waals surface area contributed by atoms with E-state index in [-0.39, 0.29) is 17.3 Å². The molecular weight excluding hydrogens is 366 g/mol. The molecule has 0 fully saturated rings. The van der Waals surface area contributed by atoms with Crippen LogP contribution >= 0.6 is 0 Å². The molecule has 0 radical (unpaired) electrons. The second-order valence-electron chi connectivity index (χ2n) is 6.76. The summed E-state index contributed by atoms with van der Waals surface area (Å²) < 4.78 is 0. The minimum absolute atomic E-state index is 0.157. The first-order valence-corrected chi connectivity index (χ1v) is 9.80. The van der Waals surface area contributed by atoms with Crippen LogP contribution in [0.4, 0.5) is 23.0 Å². The van der Waals surface area contributed by atoms with Gasteiger partial charge in [0.15, 0.2) is 0 Å². The molecule has 1 heterocycles.